The van der Waals surface area contributed by atoms with Crippen molar-refractivity contribution in [3.05, 3.63) is 59.9 Å². The van der Waals surface area contributed by atoms with Crippen molar-refractivity contribution in [3.8, 4) is 22.4 Å². The molecule has 0 fully saturated rings. The lowest BCUT2D eigenvalue weighted by Crippen LogP contribution is -1.90. The van der Waals surface area contributed by atoms with Gasteiger partial charge < -0.3 is 10.3 Å². The van der Waals surface area contributed by atoms with E-state index in [2.05, 4.69) is 5.16 Å². The topological polar surface area (TPSA) is 52.0 Å². The van der Waals surface area contributed by atoms with Crippen LogP contribution in [0, 0.1) is 12.7 Å². The van der Waals surface area contributed by atoms with Crippen LogP contribution in [0.1, 0.15) is 5.56 Å². The van der Waals surface area contributed by atoms with Gasteiger partial charge in [-0.1, -0.05) is 47.1 Å². The second-order valence-corrected chi connectivity index (χ2v) is 4.62. The molecule has 0 aliphatic rings. The number of nitrogen functional groups attached to an aromatic ring is 1. The van der Waals surface area contributed by atoms with Gasteiger partial charge in [0.25, 0.3) is 0 Å². The van der Waals surface area contributed by atoms with Gasteiger partial charge in [-0.2, -0.15) is 0 Å². The first-order valence-corrected chi connectivity index (χ1v) is 6.24. The summed E-state index contributed by atoms with van der Waals surface area (Å²) in [5, 5.41) is 3.98. The van der Waals surface area contributed by atoms with Crippen LogP contribution < -0.4 is 5.73 Å². The summed E-state index contributed by atoms with van der Waals surface area (Å²) in [4.78, 5) is 0. The molecule has 0 amide bonds. The normalized spacial score (nSPS) is 10.7. The molecular weight excluding hydrogens is 255 g/mol. The summed E-state index contributed by atoms with van der Waals surface area (Å²) in [7, 11) is 0. The van der Waals surface area contributed by atoms with E-state index < -0.39 is 0 Å². The van der Waals surface area contributed by atoms with Crippen LogP contribution in [0.2, 0.25) is 0 Å². The fraction of sp³-hybridized carbons (Fsp3) is 0.0625. The predicted molar refractivity (Wildman–Crippen MR) is 76.5 cm³/mol. The van der Waals surface area contributed by atoms with E-state index in [1.54, 1.807) is 18.2 Å². The molecule has 0 aliphatic carbocycles. The van der Waals surface area contributed by atoms with Gasteiger partial charge in [0, 0.05) is 11.1 Å². The van der Waals surface area contributed by atoms with Crippen LogP contribution in [-0.2, 0) is 0 Å². The van der Waals surface area contributed by atoms with Crippen molar-refractivity contribution in [2.75, 3.05) is 5.73 Å². The highest BCUT2D eigenvalue weighted by molar-refractivity contribution is 5.87. The number of nitrogens with zero attached hydrogens (tertiary/aromatic N) is 1. The molecule has 0 saturated heterocycles. The lowest BCUT2D eigenvalue weighted by molar-refractivity contribution is 0.439. The number of nitrogens with two attached hydrogens (primary N) is 1. The fourth-order valence-corrected chi connectivity index (χ4v) is 2.22. The van der Waals surface area contributed by atoms with E-state index in [1.807, 2.05) is 31.2 Å². The maximum absolute atomic E-state index is 14.0. The summed E-state index contributed by atoms with van der Waals surface area (Å²) in [6.45, 7) is 1.98. The van der Waals surface area contributed by atoms with E-state index in [0.29, 0.717) is 16.8 Å². The summed E-state index contributed by atoms with van der Waals surface area (Å²) >= 11 is 0. The molecular formula is C16H13FN2O. The Balaban J connectivity index is 2.23. The van der Waals surface area contributed by atoms with Gasteiger partial charge in [0.15, 0.2) is 0 Å². The van der Waals surface area contributed by atoms with E-state index in [-0.39, 0.29) is 11.7 Å². The zero-order valence-electron chi connectivity index (χ0n) is 10.9. The van der Waals surface area contributed by atoms with Crippen molar-refractivity contribution in [1.29, 1.82) is 0 Å². The van der Waals surface area contributed by atoms with Crippen LogP contribution in [0.25, 0.3) is 22.4 Å². The minimum atomic E-state index is -0.351. The molecule has 3 nitrogen and oxygen atoms in total. The van der Waals surface area contributed by atoms with Crippen LogP contribution in [0.15, 0.2) is 53.1 Å². The first-order valence-electron chi connectivity index (χ1n) is 6.24. The van der Waals surface area contributed by atoms with Crippen molar-refractivity contribution in [3.63, 3.8) is 0 Å². The molecule has 0 spiro atoms. The van der Waals surface area contributed by atoms with Gasteiger partial charge in [0.1, 0.15) is 11.5 Å². The van der Waals surface area contributed by atoms with Crippen molar-refractivity contribution in [2.24, 2.45) is 0 Å². The van der Waals surface area contributed by atoms with E-state index in [9.17, 15) is 4.39 Å². The lowest BCUT2D eigenvalue weighted by Gasteiger charge is -2.04. The van der Waals surface area contributed by atoms with Gasteiger partial charge in [-0.3, -0.25) is 0 Å². The van der Waals surface area contributed by atoms with Crippen LogP contribution >= 0.6 is 0 Å². The standard InChI is InChI=1S/C16H13FN2O/c1-10-5-4-6-11(9-10)15-14(16(18)20-19-15)12-7-2-3-8-13(12)17/h2-9H,18H2,1H3. The number of aromatic nitrogens is 1. The van der Waals surface area contributed by atoms with Crippen molar-refractivity contribution >= 4 is 5.88 Å². The summed E-state index contributed by atoms with van der Waals surface area (Å²) in [6.07, 6.45) is 0. The molecule has 2 N–H and O–H groups in total. The van der Waals surface area contributed by atoms with Crippen LogP contribution in [0.3, 0.4) is 0 Å². The monoisotopic (exact) mass is 268 g/mol. The van der Waals surface area contributed by atoms with E-state index in [4.69, 9.17) is 10.3 Å². The third-order valence-electron chi connectivity index (χ3n) is 3.15. The SMILES string of the molecule is Cc1cccc(-c2noc(N)c2-c2ccccc2F)c1. The molecule has 0 atom stereocenters. The molecule has 0 unspecified atom stereocenters. The predicted octanol–water partition coefficient (Wildman–Crippen LogP) is 4.04. The second-order valence-electron chi connectivity index (χ2n) is 4.62. The van der Waals surface area contributed by atoms with Gasteiger partial charge >= 0.3 is 0 Å². The Bertz CT molecular complexity index is 765. The Morgan fingerprint density at radius 2 is 1.90 bits per heavy atom. The van der Waals surface area contributed by atoms with Gasteiger partial charge in [-0.15, -0.1) is 0 Å². The van der Waals surface area contributed by atoms with Crippen LogP contribution in [0.4, 0.5) is 10.3 Å². The lowest BCUT2D eigenvalue weighted by atomic mass is 9.99. The zero-order chi connectivity index (χ0) is 14.1. The van der Waals surface area contributed by atoms with Crippen molar-refractivity contribution in [2.45, 2.75) is 6.92 Å². The molecule has 0 radical (unpaired) electrons. The van der Waals surface area contributed by atoms with Crippen molar-refractivity contribution < 1.29 is 8.91 Å². The Kier molecular flexibility index (Phi) is 2.99. The number of benzene rings is 2. The first-order chi connectivity index (χ1) is 9.66. The maximum Gasteiger partial charge on any atom is 0.230 e. The quantitative estimate of drug-likeness (QED) is 0.763. The summed E-state index contributed by atoms with van der Waals surface area (Å²) in [6, 6.07) is 14.2. The third-order valence-corrected chi connectivity index (χ3v) is 3.15. The van der Waals surface area contributed by atoms with Crippen LogP contribution in [0.5, 0.6) is 0 Å². The molecule has 4 heteroatoms. The number of halogens is 1. The fourth-order valence-electron chi connectivity index (χ4n) is 2.22. The number of hydrogen-bond donors (Lipinski definition) is 1. The molecule has 3 rings (SSSR count). The third kappa shape index (κ3) is 2.05. The smallest absolute Gasteiger partial charge is 0.230 e. The highest BCUT2D eigenvalue weighted by Crippen LogP contribution is 2.37. The van der Waals surface area contributed by atoms with E-state index >= 15 is 0 Å². The molecule has 20 heavy (non-hydrogen) atoms. The van der Waals surface area contributed by atoms with Crippen molar-refractivity contribution in [1.82, 2.24) is 5.16 Å². The largest absolute Gasteiger partial charge is 0.367 e. The molecule has 100 valence electrons. The van der Waals surface area contributed by atoms with Crippen LogP contribution in [-0.4, -0.2) is 5.16 Å². The van der Waals surface area contributed by atoms with E-state index in [0.717, 1.165) is 11.1 Å². The highest BCUT2D eigenvalue weighted by atomic mass is 19.1. The Morgan fingerprint density at radius 3 is 2.65 bits per heavy atom. The highest BCUT2D eigenvalue weighted by Gasteiger charge is 2.19. The molecule has 0 bridgehead atoms. The molecule has 3 aromatic rings. The Labute approximate surface area is 115 Å². The van der Waals surface area contributed by atoms with Gasteiger partial charge in [-0.05, 0) is 19.1 Å². The molecule has 1 aromatic heterocycles. The second kappa shape index (κ2) is 4.81. The summed E-state index contributed by atoms with van der Waals surface area (Å²) in [5.74, 6) is -0.233. The minimum Gasteiger partial charge on any atom is -0.367 e. The number of aryl methyl sites for hydroxylation is 1. The van der Waals surface area contributed by atoms with Gasteiger partial charge in [0.05, 0.1) is 5.56 Å². The minimum absolute atomic E-state index is 0.117. The Morgan fingerprint density at radius 1 is 1.10 bits per heavy atom. The van der Waals surface area contributed by atoms with Gasteiger partial charge in [0.2, 0.25) is 5.88 Å². The molecule has 1 heterocycles. The number of anilines is 1. The summed E-state index contributed by atoms with van der Waals surface area (Å²) < 4.78 is 19.0. The number of rotatable bonds is 2. The number of hydrogen-bond acceptors (Lipinski definition) is 3. The average molecular weight is 268 g/mol. The molecule has 0 aliphatic heterocycles. The first kappa shape index (κ1) is 12.4. The van der Waals surface area contributed by atoms with Gasteiger partial charge in [-0.25, -0.2) is 4.39 Å². The summed E-state index contributed by atoms with van der Waals surface area (Å²) in [5.41, 5.74) is 9.20. The molecule has 0 saturated carbocycles. The average Bonchev–Trinajstić information content (AvgIpc) is 2.81. The van der Waals surface area contributed by atoms with E-state index in [1.165, 1.54) is 6.07 Å². The maximum atomic E-state index is 14.0. The molecule has 2 aromatic carbocycles. The zero-order valence-corrected chi connectivity index (χ0v) is 10.9. The Hall–Kier alpha value is -2.62.